The number of H-pyrrole nitrogens is 1. The number of nitrogens with zero attached hydrogens (tertiary/aromatic N) is 4. The van der Waals surface area contributed by atoms with Gasteiger partial charge in [0.2, 0.25) is 0 Å². The maximum Gasteiger partial charge on any atom is 0.322 e. The summed E-state index contributed by atoms with van der Waals surface area (Å²) in [5, 5.41) is 2.60. The smallest absolute Gasteiger partial charge is 0.322 e. The highest BCUT2D eigenvalue weighted by Gasteiger charge is 2.31. The number of rotatable bonds is 3. The van der Waals surface area contributed by atoms with Crippen LogP contribution in [-0.2, 0) is 0 Å². The number of hydrogen-bond acceptors (Lipinski definition) is 4. The van der Waals surface area contributed by atoms with Gasteiger partial charge in [0.25, 0.3) is 0 Å². The lowest BCUT2D eigenvalue weighted by molar-refractivity contribution is 0.0946. The second kappa shape index (κ2) is 6.74. The molecule has 2 aromatic rings. The van der Waals surface area contributed by atoms with E-state index in [-0.39, 0.29) is 17.8 Å². The standard InChI is InChI=1S/C15H19FN6O/c1-2-21-7-8-22(10-13(21)14-18-5-6-19-14)15(23)20-12-3-4-17-9-11(12)16/h3-6,9,13H,2,7-8,10H2,1H3,(H,18,19)(H,17,20,23). The molecule has 2 amide bonds. The topological polar surface area (TPSA) is 77.2 Å². The normalized spacial score (nSPS) is 18.9. The molecule has 1 aliphatic heterocycles. The van der Waals surface area contributed by atoms with Crippen LogP contribution in [0.3, 0.4) is 0 Å². The summed E-state index contributed by atoms with van der Waals surface area (Å²) in [5.41, 5.74) is 0.137. The van der Waals surface area contributed by atoms with E-state index in [0.717, 1.165) is 25.1 Å². The van der Waals surface area contributed by atoms with Crippen LogP contribution in [0.25, 0.3) is 0 Å². The molecule has 122 valence electrons. The summed E-state index contributed by atoms with van der Waals surface area (Å²) >= 11 is 0. The van der Waals surface area contributed by atoms with E-state index in [1.165, 1.54) is 12.3 Å². The van der Waals surface area contributed by atoms with Gasteiger partial charge in [-0.25, -0.2) is 14.2 Å². The third-order valence-electron chi connectivity index (χ3n) is 4.03. The van der Waals surface area contributed by atoms with Gasteiger partial charge in [-0.15, -0.1) is 0 Å². The maximum absolute atomic E-state index is 13.6. The van der Waals surface area contributed by atoms with Crippen molar-refractivity contribution in [2.24, 2.45) is 0 Å². The Morgan fingerprint density at radius 1 is 1.48 bits per heavy atom. The molecule has 7 nitrogen and oxygen atoms in total. The maximum atomic E-state index is 13.6. The first kappa shape index (κ1) is 15.4. The van der Waals surface area contributed by atoms with Crippen molar-refractivity contribution in [2.45, 2.75) is 13.0 Å². The predicted octanol–water partition coefficient (Wildman–Crippen LogP) is 1.85. The largest absolute Gasteiger partial charge is 0.347 e. The number of urea groups is 1. The van der Waals surface area contributed by atoms with Crippen LogP contribution in [-0.4, -0.2) is 57.0 Å². The first-order chi connectivity index (χ1) is 11.2. The van der Waals surface area contributed by atoms with Crippen LogP contribution in [0.1, 0.15) is 18.8 Å². The van der Waals surface area contributed by atoms with Crippen LogP contribution in [0.15, 0.2) is 30.9 Å². The zero-order valence-corrected chi connectivity index (χ0v) is 12.9. The second-order valence-corrected chi connectivity index (χ2v) is 5.35. The van der Waals surface area contributed by atoms with Crippen LogP contribution in [0, 0.1) is 5.82 Å². The van der Waals surface area contributed by atoms with Crippen molar-refractivity contribution >= 4 is 11.7 Å². The minimum absolute atomic E-state index is 0.0109. The summed E-state index contributed by atoms with van der Waals surface area (Å²) in [6.45, 7) is 4.79. The zero-order chi connectivity index (χ0) is 16.2. The van der Waals surface area contributed by atoms with Crippen LogP contribution in [0.2, 0.25) is 0 Å². The van der Waals surface area contributed by atoms with Crippen molar-refractivity contribution in [3.63, 3.8) is 0 Å². The quantitative estimate of drug-likeness (QED) is 0.905. The number of piperazine rings is 1. The van der Waals surface area contributed by atoms with Crippen molar-refractivity contribution in [2.75, 3.05) is 31.5 Å². The Balaban J connectivity index is 1.71. The van der Waals surface area contributed by atoms with E-state index in [1.807, 2.05) is 0 Å². The van der Waals surface area contributed by atoms with Crippen molar-refractivity contribution in [3.8, 4) is 0 Å². The van der Waals surface area contributed by atoms with Crippen molar-refractivity contribution < 1.29 is 9.18 Å². The van der Waals surface area contributed by atoms with Crippen molar-refractivity contribution in [1.82, 2.24) is 24.8 Å². The molecule has 2 aromatic heterocycles. The van der Waals surface area contributed by atoms with Gasteiger partial charge in [0, 0.05) is 38.2 Å². The molecule has 1 aliphatic rings. The Labute approximate surface area is 133 Å². The summed E-state index contributed by atoms with van der Waals surface area (Å²) in [6.07, 6.45) is 6.00. The number of imidazole rings is 1. The summed E-state index contributed by atoms with van der Waals surface area (Å²) in [5.74, 6) is 0.287. The Morgan fingerprint density at radius 3 is 3.04 bits per heavy atom. The fourth-order valence-electron chi connectivity index (χ4n) is 2.77. The van der Waals surface area contributed by atoms with Crippen LogP contribution in [0.5, 0.6) is 0 Å². The van der Waals surface area contributed by atoms with Gasteiger partial charge >= 0.3 is 6.03 Å². The fourth-order valence-corrected chi connectivity index (χ4v) is 2.77. The first-order valence-corrected chi connectivity index (χ1v) is 7.57. The fraction of sp³-hybridized carbons (Fsp3) is 0.400. The van der Waals surface area contributed by atoms with Gasteiger partial charge in [0.15, 0.2) is 5.82 Å². The molecule has 0 aliphatic carbocycles. The molecule has 0 radical (unpaired) electrons. The Kier molecular flexibility index (Phi) is 4.52. The van der Waals surface area contributed by atoms with Crippen LogP contribution >= 0.6 is 0 Å². The van der Waals surface area contributed by atoms with E-state index in [1.54, 1.807) is 17.3 Å². The molecule has 0 spiro atoms. The predicted molar refractivity (Wildman–Crippen MR) is 83.4 cm³/mol. The Hall–Kier alpha value is -2.48. The highest BCUT2D eigenvalue weighted by atomic mass is 19.1. The van der Waals surface area contributed by atoms with Crippen molar-refractivity contribution in [3.05, 3.63) is 42.5 Å². The molecule has 3 rings (SSSR count). The van der Waals surface area contributed by atoms with E-state index >= 15 is 0 Å². The van der Waals surface area contributed by atoms with Gasteiger partial charge < -0.3 is 15.2 Å². The third-order valence-corrected chi connectivity index (χ3v) is 4.03. The molecule has 0 bridgehead atoms. The van der Waals surface area contributed by atoms with E-state index in [9.17, 15) is 9.18 Å². The average Bonchev–Trinajstić information content (AvgIpc) is 3.10. The lowest BCUT2D eigenvalue weighted by atomic mass is 10.1. The molecule has 0 aromatic carbocycles. The monoisotopic (exact) mass is 318 g/mol. The number of halogens is 1. The first-order valence-electron chi connectivity index (χ1n) is 7.57. The Morgan fingerprint density at radius 2 is 2.35 bits per heavy atom. The molecule has 1 fully saturated rings. The number of carbonyl (C=O) groups is 1. The molecule has 1 atom stereocenters. The van der Waals surface area contributed by atoms with Gasteiger partial charge in [0.1, 0.15) is 5.82 Å². The number of anilines is 1. The lowest BCUT2D eigenvalue weighted by Gasteiger charge is -2.39. The Bertz CT molecular complexity index is 662. The highest BCUT2D eigenvalue weighted by molar-refractivity contribution is 5.89. The number of amides is 2. The molecular weight excluding hydrogens is 299 g/mol. The summed E-state index contributed by atoms with van der Waals surface area (Å²) in [6, 6.07) is 1.14. The van der Waals surface area contributed by atoms with Gasteiger partial charge in [-0.1, -0.05) is 6.92 Å². The molecule has 3 heterocycles. The summed E-state index contributed by atoms with van der Waals surface area (Å²) in [7, 11) is 0. The van der Waals surface area contributed by atoms with Gasteiger partial charge in [-0.2, -0.15) is 0 Å². The number of aromatic nitrogens is 3. The number of nitrogens with one attached hydrogen (secondary N) is 2. The molecule has 8 heteroatoms. The van der Waals surface area contributed by atoms with Gasteiger partial charge in [-0.3, -0.25) is 9.88 Å². The molecule has 0 saturated carbocycles. The number of pyridine rings is 1. The summed E-state index contributed by atoms with van der Waals surface area (Å²) < 4.78 is 13.6. The number of hydrogen-bond donors (Lipinski definition) is 2. The zero-order valence-electron chi connectivity index (χ0n) is 12.9. The van der Waals surface area contributed by atoms with Crippen LogP contribution < -0.4 is 5.32 Å². The van der Waals surface area contributed by atoms with Crippen LogP contribution in [0.4, 0.5) is 14.9 Å². The van der Waals surface area contributed by atoms with E-state index in [2.05, 4.69) is 32.1 Å². The molecule has 1 saturated heterocycles. The van der Waals surface area contributed by atoms with E-state index in [0.29, 0.717) is 13.1 Å². The van der Waals surface area contributed by atoms with Gasteiger partial charge in [-0.05, 0) is 12.6 Å². The number of aromatic amines is 1. The minimum Gasteiger partial charge on any atom is -0.347 e. The molecule has 23 heavy (non-hydrogen) atoms. The van der Waals surface area contributed by atoms with Crippen molar-refractivity contribution in [1.29, 1.82) is 0 Å². The minimum atomic E-state index is -0.546. The highest BCUT2D eigenvalue weighted by Crippen LogP contribution is 2.23. The molecule has 2 N–H and O–H groups in total. The average molecular weight is 318 g/mol. The van der Waals surface area contributed by atoms with E-state index < -0.39 is 5.82 Å². The molecule has 1 unspecified atom stereocenters. The lowest BCUT2D eigenvalue weighted by Crippen LogP contribution is -2.51. The molecular formula is C15H19FN6O. The number of likely N-dealkylation sites (N-methyl/N-ethyl adjacent to an activating group) is 1. The third kappa shape index (κ3) is 3.31. The summed E-state index contributed by atoms with van der Waals surface area (Å²) in [4.78, 5) is 27.4. The SMILES string of the molecule is CCN1CCN(C(=O)Nc2ccncc2F)CC1c1ncc[nH]1. The number of carbonyl (C=O) groups excluding carboxylic acids is 1. The van der Waals surface area contributed by atoms with Gasteiger partial charge in [0.05, 0.1) is 17.9 Å². The van der Waals surface area contributed by atoms with E-state index in [4.69, 9.17) is 0 Å². The second-order valence-electron chi connectivity index (χ2n) is 5.35.